The zero-order chi connectivity index (χ0) is 38.1. The summed E-state index contributed by atoms with van der Waals surface area (Å²) in [6, 6.07) is 66.4. The van der Waals surface area contributed by atoms with Crippen molar-refractivity contribution in [1.82, 2.24) is 0 Å². The van der Waals surface area contributed by atoms with Crippen LogP contribution in [0.3, 0.4) is 0 Å². The maximum atomic E-state index is 14.5. The molecule has 270 valence electrons. The standard InChI is InChI=1S/C52H33O4P/c53-57(54)55-51-47(39-27-35-19-7-11-23-41(35)45(31-39)33-15-3-1-4-16-33)29-37-21-9-13-25-43(37)49(51)50-44-26-14-10-22-38(44)30-48(52(50)56-57)40-28-36-20-8-12-24-42(36)46(32-40)34-17-5-2-6-18-34/h1-32H,(H,53,54). The number of rotatable bonds is 4. The van der Waals surface area contributed by atoms with Gasteiger partial charge in [-0.05, 0) is 113 Å². The second kappa shape index (κ2) is 13.1. The lowest BCUT2D eigenvalue weighted by molar-refractivity contribution is 0.295. The molecule has 4 nitrogen and oxygen atoms in total. The Morgan fingerprint density at radius 1 is 0.333 bits per heavy atom. The van der Waals surface area contributed by atoms with E-state index in [9.17, 15) is 9.46 Å². The molecule has 1 aliphatic rings. The maximum absolute atomic E-state index is 14.5. The summed E-state index contributed by atoms with van der Waals surface area (Å²) in [6.45, 7) is 0. The van der Waals surface area contributed by atoms with Crippen LogP contribution in [0.5, 0.6) is 11.5 Å². The van der Waals surface area contributed by atoms with Gasteiger partial charge in [-0.25, -0.2) is 4.57 Å². The third-order valence-electron chi connectivity index (χ3n) is 11.2. The molecule has 10 aromatic carbocycles. The van der Waals surface area contributed by atoms with Gasteiger partial charge in [-0.2, -0.15) is 0 Å². The van der Waals surface area contributed by atoms with E-state index in [2.05, 4.69) is 121 Å². The summed E-state index contributed by atoms with van der Waals surface area (Å²) in [4.78, 5) is 11.9. The minimum atomic E-state index is -4.78. The Bertz CT molecular complexity index is 3070. The Balaban J connectivity index is 1.26. The quantitative estimate of drug-likeness (QED) is 0.182. The Morgan fingerprint density at radius 3 is 1.07 bits per heavy atom. The van der Waals surface area contributed by atoms with Crippen molar-refractivity contribution in [2.75, 3.05) is 0 Å². The molecule has 10 aromatic rings. The Labute approximate surface area is 329 Å². The summed E-state index contributed by atoms with van der Waals surface area (Å²) in [5.74, 6) is 0.608. The van der Waals surface area contributed by atoms with Gasteiger partial charge in [0.1, 0.15) is 11.5 Å². The molecule has 0 atom stereocenters. The molecule has 0 saturated heterocycles. The lowest BCUT2D eigenvalue weighted by Gasteiger charge is -2.20. The molecule has 0 fully saturated rings. The summed E-state index contributed by atoms with van der Waals surface area (Å²) >= 11 is 0. The molecule has 0 aliphatic carbocycles. The largest absolute Gasteiger partial charge is 0.584 e. The summed E-state index contributed by atoms with van der Waals surface area (Å²) in [5, 5.41) is 8.03. The summed E-state index contributed by atoms with van der Waals surface area (Å²) < 4.78 is 27.3. The molecule has 0 bridgehead atoms. The third kappa shape index (κ3) is 5.61. The molecule has 0 saturated carbocycles. The van der Waals surface area contributed by atoms with Gasteiger partial charge in [-0.3, -0.25) is 4.89 Å². The first-order valence-corrected chi connectivity index (χ1v) is 20.5. The fraction of sp³-hybridized carbons (Fsp3) is 0. The van der Waals surface area contributed by atoms with E-state index in [-0.39, 0.29) is 0 Å². The average Bonchev–Trinajstić information content (AvgIpc) is 3.39. The molecule has 1 aliphatic heterocycles. The van der Waals surface area contributed by atoms with E-state index in [4.69, 9.17) is 9.05 Å². The highest BCUT2D eigenvalue weighted by atomic mass is 31.2. The van der Waals surface area contributed by atoms with Crippen LogP contribution in [0.25, 0.3) is 98.7 Å². The molecule has 0 spiro atoms. The summed E-state index contributed by atoms with van der Waals surface area (Å²) in [5.41, 5.74) is 8.80. The predicted octanol–water partition coefficient (Wildman–Crippen LogP) is 14.5. The van der Waals surface area contributed by atoms with Gasteiger partial charge in [0, 0.05) is 22.3 Å². The minimum absolute atomic E-state index is 0.304. The SMILES string of the molecule is O=P1(O)Oc2c(-c3cc(-c4ccccc4)c4ccccc4c3)cc3ccccc3c2-c2c(c(-c3cc(-c4ccccc4)c4ccccc4c3)cc3ccccc23)O1. The lowest BCUT2D eigenvalue weighted by atomic mass is 9.85. The fourth-order valence-corrected chi connectivity index (χ4v) is 9.54. The van der Waals surface area contributed by atoms with Crippen LogP contribution in [0.4, 0.5) is 0 Å². The molecule has 5 heteroatoms. The highest BCUT2D eigenvalue weighted by Crippen LogP contribution is 2.62. The monoisotopic (exact) mass is 752 g/mol. The predicted molar refractivity (Wildman–Crippen MR) is 235 cm³/mol. The van der Waals surface area contributed by atoms with Gasteiger partial charge in [-0.1, -0.05) is 158 Å². The van der Waals surface area contributed by atoms with Crippen molar-refractivity contribution >= 4 is 50.9 Å². The lowest BCUT2D eigenvalue weighted by Crippen LogP contribution is -2.00. The van der Waals surface area contributed by atoms with Gasteiger partial charge in [-0.15, -0.1) is 0 Å². The first-order chi connectivity index (χ1) is 28.0. The van der Waals surface area contributed by atoms with Crippen LogP contribution in [0.1, 0.15) is 0 Å². The molecule has 11 rings (SSSR count). The van der Waals surface area contributed by atoms with Crippen LogP contribution in [0.2, 0.25) is 0 Å². The number of fused-ring (bicyclic) bond motifs is 9. The first-order valence-electron chi connectivity index (χ1n) is 19.0. The van der Waals surface area contributed by atoms with Crippen molar-refractivity contribution in [2.45, 2.75) is 0 Å². The maximum Gasteiger partial charge on any atom is 0.584 e. The van der Waals surface area contributed by atoms with Crippen LogP contribution < -0.4 is 9.05 Å². The van der Waals surface area contributed by atoms with Gasteiger partial charge >= 0.3 is 7.82 Å². The minimum Gasteiger partial charge on any atom is -0.394 e. The van der Waals surface area contributed by atoms with E-state index in [1.807, 2.05) is 72.8 Å². The van der Waals surface area contributed by atoms with Crippen molar-refractivity contribution in [2.24, 2.45) is 0 Å². The number of phosphoric acid groups is 1. The smallest absolute Gasteiger partial charge is 0.394 e. The van der Waals surface area contributed by atoms with Crippen molar-refractivity contribution in [1.29, 1.82) is 0 Å². The molecular formula is C52H33O4P. The van der Waals surface area contributed by atoms with E-state index >= 15 is 0 Å². The van der Waals surface area contributed by atoms with E-state index < -0.39 is 7.82 Å². The van der Waals surface area contributed by atoms with Crippen molar-refractivity contribution < 1.29 is 18.5 Å². The van der Waals surface area contributed by atoms with Gasteiger partial charge < -0.3 is 9.05 Å². The van der Waals surface area contributed by atoms with Crippen molar-refractivity contribution in [3.63, 3.8) is 0 Å². The topological polar surface area (TPSA) is 55.8 Å². The highest BCUT2D eigenvalue weighted by molar-refractivity contribution is 7.48. The van der Waals surface area contributed by atoms with Gasteiger partial charge in [0.15, 0.2) is 0 Å². The van der Waals surface area contributed by atoms with Crippen LogP contribution in [-0.2, 0) is 4.57 Å². The van der Waals surface area contributed by atoms with E-state index in [0.717, 1.165) is 76.5 Å². The normalized spacial score (nSPS) is 13.1. The molecule has 57 heavy (non-hydrogen) atoms. The molecule has 1 N–H and O–H groups in total. The van der Waals surface area contributed by atoms with Gasteiger partial charge in [0.2, 0.25) is 0 Å². The molecule has 0 amide bonds. The zero-order valence-electron chi connectivity index (χ0n) is 30.6. The summed E-state index contributed by atoms with van der Waals surface area (Å²) in [6.07, 6.45) is 0. The zero-order valence-corrected chi connectivity index (χ0v) is 31.5. The van der Waals surface area contributed by atoms with Gasteiger partial charge in [0.05, 0.1) is 0 Å². The first kappa shape index (κ1) is 33.4. The van der Waals surface area contributed by atoms with Crippen molar-refractivity contribution in [3.05, 3.63) is 194 Å². The number of benzene rings is 10. The van der Waals surface area contributed by atoms with E-state index in [0.29, 0.717) is 33.8 Å². The highest BCUT2D eigenvalue weighted by Gasteiger charge is 2.38. The second-order valence-electron chi connectivity index (χ2n) is 14.6. The number of hydrogen-bond acceptors (Lipinski definition) is 3. The van der Waals surface area contributed by atoms with Crippen molar-refractivity contribution in [3.8, 4) is 67.1 Å². The fourth-order valence-electron chi connectivity index (χ4n) is 8.67. The van der Waals surface area contributed by atoms with E-state index in [1.165, 1.54) is 0 Å². The molecule has 1 heterocycles. The van der Waals surface area contributed by atoms with Crippen LogP contribution in [0, 0.1) is 0 Å². The van der Waals surface area contributed by atoms with E-state index in [1.54, 1.807) is 0 Å². The number of phosphoric ester groups is 1. The Morgan fingerprint density at radius 2 is 0.667 bits per heavy atom. The number of hydrogen-bond donors (Lipinski definition) is 1. The van der Waals surface area contributed by atoms with Crippen LogP contribution in [-0.4, -0.2) is 4.89 Å². The Hall–Kier alpha value is -6.97. The summed E-state index contributed by atoms with van der Waals surface area (Å²) in [7, 11) is -4.78. The molecule has 0 radical (unpaired) electrons. The average molecular weight is 753 g/mol. The second-order valence-corrected chi connectivity index (χ2v) is 15.9. The molecular weight excluding hydrogens is 720 g/mol. The van der Waals surface area contributed by atoms with Crippen LogP contribution >= 0.6 is 7.82 Å². The third-order valence-corrected chi connectivity index (χ3v) is 12.0. The van der Waals surface area contributed by atoms with Crippen LogP contribution in [0.15, 0.2) is 194 Å². The molecule has 0 aromatic heterocycles. The van der Waals surface area contributed by atoms with Gasteiger partial charge in [0.25, 0.3) is 0 Å². The molecule has 0 unspecified atom stereocenters. The Kier molecular flexibility index (Phi) is 7.65.